The molecular weight excluding hydrogens is 458 g/mol. The van der Waals surface area contributed by atoms with Crippen molar-refractivity contribution in [1.29, 1.82) is 0 Å². The number of amides is 2. The maximum absolute atomic E-state index is 11.9. The molecule has 0 bridgehead atoms. The van der Waals surface area contributed by atoms with Crippen LogP contribution in [-0.4, -0.2) is 45.6 Å². The summed E-state index contributed by atoms with van der Waals surface area (Å²) in [6.07, 6.45) is 1.92. The van der Waals surface area contributed by atoms with Crippen LogP contribution in [0.4, 0.5) is 0 Å². The quantitative estimate of drug-likeness (QED) is 0.358. The molecule has 0 saturated heterocycles. The van der Waals surface area contributed by atoms with Crippen molar-refractivity contribution in [3.05, 3.63) is 45.9 Å². The number of rotatable bonds is 7. The van der Waals surface area contributed by atoms with E-state index in [0.29, 0.717) is 39.5 Å². The van der Waals surface area contributed by atoms with Gasteiger partial charge in [0.2, 0.25) is 6.79 Å². The molecule has 3 rings (SSSR count). The van der Waals surface area contributed by atoms with E-state index >= 15 is 0 Å². The van der Waals surface area contributed by atoms with E-state index in [-0.39, 0.29) is 13.3 Å². The molecule has 2 amide bonds. The number of hydrogen-bond acceptors (Lipinski definition) is 7. The fourth-order valence-corrected chi connectivity index (χ4v) is 3.10. The Morgan fingerprint density at radius 3 is 2.57 bits per heavy atom. The number of nitrogens with one attached hydrogen (secondary N) is 2. The second kappa shape index (κ2) is 9.97. The number of halogens is 1. The molecule has 9 nitrogen and oxygen atoms in total. The molecule has 1 aliphatic rings. The van der Waals surface area contributed by atoms with Crippen molar-refractivity contribution in [2.75, 3.05) is 27.6 Å². The summed E-state index contributed by atoms with van der Waals surface area (Å²) in [4.78, 5) is 23.8. The van der Waals surface area contributed by atoms with Gasteiger partial charge >= 0.3 is 11.8 Å². The van der Waals surface area contributed by atoms with Crippen LogP contribution in [0, 0.1) is 0 Å². The number of nitrogens with zero attached hydrogens (tertiary/aromatic N) is 1. The summed E-state index contributed by atoms with van der Waals surface area (Å²) >= 11 is 3.39. The van der Waals surface area contributed by atoms with Crippen LogP contribution in [0.2, 0.25) is 0 Å². The van der Waals surface area contributed by atoms with Crippen molar-refractivity contribution in [2.24, 2.45) is 5.10 Å². The van der Waals surface area contributed by atoms with Gasteiger partial charge in [0.15, 0.2) is 23.0 Å². The maximum atomic E-state index is 11.9. The summed E-state index contributed by atoms with van der Waals surface area (Å²) in [7, 11) is 3.11. The van der Waals surface area contributed by atoms with Gasteiger partial charge < -0.3 is 24.3 Å². The Morgan fingerprint density at radius 1 is 1.10 bits per heavy atom. The number of hydrogen-bond donors (Lipinski definition) is 2. The van der Waals surface area contributed by atoms with E-state index in [0.717, 1.165) is 5.56 Å². The van der Waals surface area contributed by atoms with Crippen LogP contribution in [0.3, 0.4) is 0 Å². The zero-order valence-electron chi connectivity index (χ0n) is 16.4. The van der Waals surface area contributed by atoms with Gasteiger partial charge in [-0.3, -0.25) is 9.59 Å². The van der Waals surface area contributed by atoms with E-state index in [9.17, 15) is 9.59 Å². The Hall–Kier alpha value is -3.27. The van der Waals surface area contributed by atoms with E-state index in [1.807, 2.05) is 12.1 Å². The standard InChI is InChI=1S/C20H20BrN3O6/c1-27-15-4-3-12(7-16(15)28-2)5-6-22-19(25)20(26)24-23-10-13-8-17-18(9-14(13)21)30-11-29-17/h3-4,7-10H,5-6,11H2,1-2H3,(H,22,25)(H,24,26)/b23-10+. The van der Waals surface area contributed by atoms with Crippen LogP contribution in [0.1, 0.15) is 11.1 Å². The van der Waals surface area contributed by atoms with Crippen molar-refractivity contribution in [3.8, 4) is 23.0 Å². The Labute approximate surface area is 181 Å². The lowest BCUT2D eigenvalue weighted by Crippen LogP contribution is -2.38. The van der Waals surface area contributed by atoms with E-state index in [4.69, 9.17) is 18.9 Å². The largest absolute Gasteiger partial charge is 0.493 e. The molecule has 0 spiro atoms. The number of benzene rings is 2. The van der Waals surface area contributed by atoms with Gasteiger partial charge in [-0.15, -0.1) is 0 Å². The third-order valence-electron chi connectivity index (χ3n) is 4.22. The van der Waals surface area contributed by atoms with Crippen molar-refractivity contribution in [3.63, 3.8) is 0 Å². The zero-order chi connectivity index (χ0) is 21.5. The molecule has 158 valence electrons. The smallest absolute Gasteiger partial charge is 0.329 e. The first-order valence-corrected chi connectivity index (χ1v) is 9.72. The van der Waals surface area contributed by atoms with Crippen LogP contribution >= 0.6 is 15.9 Å². The lowest BCUT2D eigenvalue weighted by molar-refractivity contribution is -0.139. The lowest BCUT2D eigenvalue weighted by atomic mass is 10.1. The van der Waals surface area contributed by atoms with Gasteiger partial charge in [0.25, 0.3) is 0 Å². The highest BCUT2D eigenvalue weighted by molar-refractivity contribution is 9.10. The summed E-state index contributed by atoms with van der Waals surface area (Å²) in [5.41, 5.74) is 3.79. The number of fused-ring (bicyclic) bond motifs is 1. The fourth-order valence-electron chi connectivity index (χ4n) is 2.68. The van der Waals surface area contributed by atoms with Gasteiger partial charge in [-0.25, -0.2) is 5.43 Å². The van der Waals surface area contributed by atoms with Gasteiger partial charge in [0, 0.05) is 16.6 Å². The average Bonchev–Trinajstić information content (AvgIpc) is 3.20. The van der Waals surface area contributed by atoms with Crippen molar-refractivity contribution < 1.29 is 28.5 Å². The SMILES string of the molecule is COc1ccc(CCNC(=O)C(=O)N/N=C/c2cc3c(cc2Br)OCO3)cc1OC. The molecule has 0 atom stereocenters. The van der Waals surface area contributed by atoms with E-state index in [1.54, 1.807) is 32.4 Å². The topological polar surface area (TPSA) is 107 Å². The van der Waals surface area contributed by atoms with Gasteiger partial charge in [0.05, 0.1) is 20.4 Å². The van der Waals surface area contributed by atoms with Crippen LogP contribution in [-0.2, 0) is 16.0 Å². The number of hydrazone groups is 1. The first-order chi connectivity index (χ1) is 14.5. The second-order valence-corrected chi connectivity index (χ2v) is 6.98. The number of carbonyl (C=O) groups excluding carboxylic acids is 2. The number of ether oxygens (including phenoxy) is 4. The fraction of sp³-hybridized carbons (Fsp3) is 0.250. The van der Waals surface area contributed by atoms with Crippen molar-refractivity contribution >= 4 is 34.0 Å². The van der Waals surface area contributed by atoms with Crippen LogP contribution in [0.5, 0.6) is 23.0 Å². The van der Waals surface area contributed by atoms with Gasteiger partial charge in [-0.1, -0.05) is 6.07 Å². The average molecular weight is 478 g/mol. The molecule has 30 heavy (non-hydrogen) atoms. The number of methoxy groups -OCH3 is 2. The highest BCUT2D eigenvalue weighted by Gasteiger charge is 2.16. The normalized spacial score (nSPS) is 12.0. The van der Waals surface area contributed by atoms with Gasteiger partial charge in [-0.2, -0.15) is 5.10 Å². The molecule has 1 heterocycles. The molecule has 0 fully saturated rings. The Balaban J connectivity index is 1.47. The molecule has 2 N–H and O–H groups in total. The summed E-state index contributed by atoms with van der Waals surface area (Å²) in [5.74, 6) is 0.781. The Kier molecular flexibility index (Phi) is 7.12. The van der Waals surface area contributed by atoms with Crippen molar-refractivity contribution in [2.45, 2.75) is 6.42 Å². The first kappa shape index (κ1) is 21.4. The summed E-state index contributed by atoms with van der Waals surface area (Å²) < 4.78 is 21.7. The van der Waals surface area contributed by atoms with Crippen LogP contribution in [0.15, 0.2) is 39.9 Å². The summed E-state index contributed by atoms with van der Waals surface area (Å²) in [5, 5.41) is 6.36. The Morgan fingerprint density at radius 2 is 1.83 bits per heavy atom. The highest BCUT2D eigenvalue weighted by atomic mass is 79.9. The molecular formula is C20H20BrN3O6. The molecule has 2 aromatic carbocycles. The molecule has 0 aromatic heterocycles. The minimum Gasteiger partial charge on any atom is -0.493 e. The summed E-state index contributed by atoms with van der Waals surface area (Å²) in [6.45, 7) is 0.432. The maximum Gasteiger partial charge on any atom is 0.329 e. The van der Waals surface area contributed by atoms with Gasteiger partial charge in [-0.05, 0) is 52.2 Å². The first-order valence-electron chi connectivity index (χ1n) is 8.93. The highest BCUT2D eigenvalue weighted by Crippen LogP contribution is 2.36. The molecule has 0 unspecified atom stereocenters. The molecule has 2 aromatic rings. The van der Waals surface area contributed by atoms with E-state index < -0.39 is 11.8 Å². The minimum absolute atomic E-state index is 0.155. The lowest BCUT2D eigenvalue weighted by Gasteiger charge is -2.10. The minimum atomic E-state index is -0.865. The molecule has 1 aliphatic heterocycles. The number of carbonyl (C=O) groups is 2. The molecule has 0 radical (unpaired) electrons. The Bertz CT molecular complexity index is 979. The molecule has 0 aliphatic carbocycles. The molecule has 10 heteroatoms. The molecule has 0 saturated carbocycles. The third-order valence-corrected chi connectivity index (χ3v) is 4.90. The van der Waals surface area contributed by atoms with E-state index in [1.165, 1.54) is 6.21 Å². The van der Waals surface area contributed by atoms with Crippen molar-refractivity contribution in [1.82, 2.24) is 10.7 Å². The predicted molar refractivity (Wildman–Crippen MR) is 112 cm³/mol. The van der Waals surface area contributed by atoms with Gasteiger partial charge in [0.1, 0.15) is 0 Å². The summed E-state index contributed by atoms with van der Waals surface area (Å²) in [6, 6.07) is 8.92. The monoisotopic (exact) mass is 477 g/mol. The van der Waals surface area contributed by atoms with Crippen LogP contribution < -0.4 is 29.7 Å². The third kappa shape index (κ3) is 5.20. The second-order valence-electron chi connectivity index (χ2n) is 6.12. The van der Waals surface area contributed by atoms with E-state index in [2.05, 4.69) is 31.8 Å². The van der Waals surface area contributed by atoms with Crippen LogP contribution in [0.25, 0.3) is 0 Å². The predicted octanol–water partition coefficient (Wildman–Crippen LogP) is 2.00. The zero-order valence-corrected chi connectivity index (χ0v) is 17.9.